The Kier molecular flexibility index (Phi) is 4.16. The van der Waals surface area contributed by atoms with Crippen LogP contribution < -0.4 is 5.56 Å². The van der Waals surface area contributed by atoms with Crippen molar-refractivity contribution in [1.29, 1.82) is 0 Å². The molecule has 8 heteroatoms. The number of nitrogens with one attached hydrogen (secondary N) is 1. The molecule has 0 radical (unpaired) electrons. The van der Waals surface area contributed by atoms with Crippen LogP contribution in [0.4, 0.5) is 13.2 Å². The van der Waals surface area contributed by atoms with Crippen molar-refractivity contribution in [2.75, 3.05) is 6.54 Å². The Hall–Kier alpha value is -1.86. The van der Waals surface area contributed by atoms with Crippen LogP contribution in [-0.4, -0.2) is 21.4 Å². The molecule has 3 rings (SSSR count). The van der Waals surface area contributed by atoms with Gasteiger partial charge in [-0.1, -0.05) is 23.7 Å². The molecule has 23 heavy (non-hydrogen) atoms. The van der Waals surface area contributed by atoms with Crippen molar-refractivity contribution in [3.63, 3.8) is 0 Å². The Balaban J connectivity index is 1.83. The van der Waals surface area contributed by atoms with E-state index in [1.165, 1.54) is 0 Å². The highest BCUT2D eigenvalue weighted by Crippen LogP contribution is 2.26. The fraction of sp³-hybridized carbons (Fsp3) is 0.333. The van der Waals surface area contributed by atoms with Crippen LogP contribution in [0.3, 0.4) is 0 Å². The maximum atomic E-state index is 12.7. The average molecular weight is 344 g/mol. The summed E-state index contributed by atoms with van der Waals surface area (Å²) in [4.78, 5) is 19.3. The SMILES string of the molecule is O=c1[nH]c(C(F)(F)F)nc2c1CN(Cc1cccc(Cl)c1)CC2. The van der Waals surface area contributed by atoms with E-state index in [4.69, 9.17) is 11.6 Å². The lowest BCUT2D eigenvalue weighted by atomic mass is 10.1. The molecule has 122 valence electrons. The van der Waals surface area contributed by atoms with Gasteiger partial charge in [-0.3, -0.25) is 9.69 Å². The van der Waals surface area contributed by atoms with E-state index in [0.717, 1.165) is 5.56 Å². The molecule has 0 bridgehead atoms. The zero-order chi connectivity index (χ0) is 16.6. The standard InChI is InChI=1S/C15H13ClF3N3O/c16-10-3-1-2-9(6-10)7-22-5-4-12-11(8-22)13(23)21-14(20-12)15(17,18)19/h1-3,6H,4-5,7-8H2,(H,20,21,23). The molecule has 1 aromatic carbocycles. The Morgan fingerprint density at radius 2 is 2.13 bits per heavy atom. The maximum Gasteiger partial charge on any atom is 0.449 e. The molecule has 2 heterocycles. The lowest BCUT2D eigenvalue weighted by Gasteiger charge is -2.27. The number of hydrogen-bond acceptors (Lipinski definition) is 3. The van der Waals surface area contributed by atoms with Gasteiger partial charge in [0.25, 0.3) is 5.56 Å². The van der Waals surface area contributed by atoms with Crippen LogP contribution in [0.2, 0.25) is 5.02 Å². The highest BCUT2D eigenvalue weighted by atomic mass is 35.5. The van der Waals surface area contributed by atoms with Crippen molar-refractivity contribution in [3.8, 4) is 0 Å². The summed E-state index contributed by atoms with van der Waals surface area (Å²) in [6.45, 7) is 1.37. The third-order valence-electron chi connectivity index (χ3n) is 3.71. The van der Waals surface area contributed by atoms with E-state index >= 15 is 0 Å². The molecule has 1 aliphatic heterocycles. The molecule has 0 saturated heterocycles. The number of hydrogen-bond donors (Lipinski definition) is 1. The Morgan fingerprint density at radius 3 is 2.83 bits per heavy atom. The van der Waals surface area contributed by atoms with Crippen LogP contribution in [0.1, 0.15) is 22.6 Å². The molecule has 0 spiro atoms. The molecule has 1 N–H and O–H groups in total. The normalized spacial score (nSPS) is 15.5. The minimum absolute atomic E-state index is 0.225. The van der Waals surface area contributed by atoms with Crippen molar-refractivity contribution in [2.24, 2.45) is 0 Å². The Morgan fingerprint density at radius 1 is 1.35 bits per heavy atom. The largest absolute Gasteiger partial charge is 0.449 e. The second-order valence-corrected chi connectivity index (χ2v) is 5.86. The number of benzene rings is 1. The molecular formula is C15H13ClF3N3O. The highest BCUT2D eigenvalue weighted by Gasteiger charge is 2.35. The molecule has 0 amide bonds. The van der Waals surface area contributed by atoms with E-state index in [1.54, 1.807) is 6.07 Å². The summed E-state index contributed by atoms with van der Waals surface area (Å²) in [5.74, 6) is -1.23. The molecule has 2 aromatic rings. The molecule has 0 fully saturated rings. The Labute approximate surface area is 134 Å². The minimum Gasteiger partial charge on any atom is -0.303 e. The fourth-order valence-corrected chi connectivity index (χ4v) is 2.86. The van der Waals surface area contributed by atoms with Gasteiger partial charge in [0, 0.05) is 31.1 Å². The van der Waals surface area contributed by atoms with Gasteiger partial charge in [-0.05, 0) is 17.7 Å². The number of H-pyrrole nitrogens is 1. The molecule has 0 saturated carbocycles. The second-order valence-electron chi connectivity index (χ2n) is 5.43. The average Bonchev–Trinajstić information content (AvgIpc) is 2.47. The predicted molar refractivity (Wildman–Crippen MR) is 79.1 cm³/mol. The van der Waals surface area contributed by atoms with E-state index < -0.39 is 17.6 Å². The number of rotatable bonds is 2. The van der Waals surface area contributed by atoms with Gasteiger partial charge < -0.3 is 4.98 Å². The molecule has 1 aliphatic rings. The van der Waals surface area contributed by atoms with Crippen LogP contribution in [0, 0.1) is 0 Å². The molecule has 1 aromatic heterocycles. The first-order valence-electron chi connectivity index (χ1n) is 6.99. The zero-order valence-electron chi connectivity index (χ0n) is 12.0. The second kappa shape index (κ2) is 5.98. The zero-order valence-corrected chi connectivity index (χ0v) is 12.7. The van der Waals surface area contributed by atoms with E-state index in [-0.39, 0.29) is 12.2 Å². The number of halogens is 4. The summed E-state index contributed by atoms with van der Waals surface area (Å²) >= 11 is 5.94. The van der Waals surface area contributed by atoms with Crippen molar-refractivity contribution in [3.05, 3.63) is 62.3 Å². The van der Waals surface area contributed by atoms with Crippen LogP contribution in [0.5, 0.6) is 0 Å². The molecule has 0 unspecified atom stereocenters. The third-order valence-corrected chi connectivity index (χ3v) is 3.95. The van der Waals surface area contributed by atoms with Gasteiger partial charge >= 0.3 is 6.18 Å². The summed E-state index contributed by atoms with van der Waals surface area (Å²) in [6.07, 6.45) is -4.34. The molecular weight excluding hydrogens is 331 g/mol. The fourth-order valence-electron chi connectivity index (χ4n) is 2.64. The number of aromatic amines is 1. The van der Waals surface area contributed by atoms with Crippen LogP contribution >= 0.6 is 11.6 Å². The van der Waals surface area contributed by atoms with Gasteiger partial charge in [0.05, 0.1) is 11.3 Å². The van der Waals surface area contributed by atoms with Gasteiger partial charge in [-0.15, -0.1) is 0 Å². The molecule has 0 atom stereocenters. The maximum absolute atomic E-state index is 12.7. The van der Waals surface area contributed by atoms with Crippen LogP contribution in [0.15, 0.2) is 29.1 Å². The van der Waals surface area contributed by atoms with Crippen LogP contribution in [0.25, 0.3) is 0 Å². The predicted octanol–water partition coefficient (Wildman–Crippen LogP) is 3.00. The topological polar surface area (TPSA) is 49.0 Å². The molecule has 0 aliphatic carbocycles. The van der Waals surface area contributed by atoms with Gasteiger partial charge in [0.1, 0.15) is 0 Å². The van der Waals surface area contributed by atoms with Crippen molar-refractivity contribution in [1.82, 2.24) is 14.9 Å². The van der Waals surface area contributed by atoms with Crippen molar-refractivity contribution < 1.29 is 13.2 Å². The lowest BCUT2D eigenvalue weighted by molar-refractivity contribution is -0.145. The summed E-state index contributed by atoms with van der Waals surface area (Å²) in [5.41, 5.74) is 0.782. The first-order valence-corrected chi connectivity index (χ1v) is 7.37. The summed E-state index contributed by atoms with van der Waals surface area (Å²) in [7, 11) is 0. The third kappa shape index (κ3) is 3.56. The number of alkyl halides is 3. The minimum atomic E-state index is -4.65. The van der Waals surface area contributed by atoms with Gasteiger partial charge in [-0.2, -0.15) is 13.2 Å². The van der Waals surface area contributed by atoms with Crippen molar-refractivity contribution in [2.45, 2.75) is 25.7 Å². The summed E-state index contributed by atoms with van der Waals surface area (Å²) < 4.78 is 38.1. The van der Waals surface area contributed by atoms with Gasteiger partial charge in [-0.25, -0.2) is 4.98 Å². The van der Waals surface area contributed by atoms with E-state index in [2.05, 4.69) is 4.98 Å². The molecule has 4 nitrogen and oxygen atoms in total. The van der Waals surface area contributed by atoms with E-state index in [9.17, 15) is 18.0 Å². The smallest absolute Gasteiger partial charge is 0.303 e. The van der Waals surface area contributed by atoms with Crippen molar-refractivity contribution >= 4 is 11.6 Å². The first-order chi connectivity index (χ1) is 10.8. The monoisotopic (exact) mass is 343 g/mol. The quantitative estimate of drug-likeness (QED) is 0.912. The lowest BCUT2D eigenvalue weighted by Crippen LogP contribution is -2.36. The van der Waals surface area contributed by atoms with E-state index in [1.807, 2.05) is 28.1 Å². The van der Waals surface area contributed by atoms with E-state index in [0.29, 0.717) is 30.1 Å². The van der Waals surface area contributed by atoms with Gasteiger partial charge in [0.2, 0.25) is 5.82 Å². The first kappa shape index (κ1) is 16.0. The number of nitrogens with zero attached hydrogens (tertiary/aromatic N) is 2. The highest BCUT2D eigenvalue weighted by molar-refractivity contribution is 6.30. The number of aromatic nitrogens is 2. The number of fused-ring (bicyclic) bond motifs is 1. The Bertz CT molecular complexity index is 788. The summed E-state index contributed by atoms with van der Waals surface area (Å²) in [6, 6.07) is 7.34. The summed E-state index contributed by atoms with van der Waals surface area (Å²) in [5, 5.41) is 0.620. The van der Waals surface area contributed by atoms with Crippen LogP contribution in [-0.2, 0) is 25.7 Å². The van der Waals surface area contributed by atoms with Gasteiger partial charge in [0.15, 0.2) is 0 Å².